The van der Waals surface area contributed by atoms with Gasteiger partial charge < -0.3 is 29.3 Å². The third-order valence-electron chi connectivity index (χ3n) is 8.80. The van der Waals surface area contributed by atoms with Gasteiger partial charge in [0.25, 0.3) is 0 Å². The zero-order valence-electron chi connectivity index (χ0n) is 26.6. The van der Waals surface area contributed by atoms with Crippen LogP contribution in [0.4, 0.5) is 26.2 Å². The number of benzene rings is 1. The molecule has 13 nitrogen and oxygen atoms in total. The Labute approximate surface area is 276 Å². The first-order chi connectivity index (χ1) is 23.2. The molecule has 0 spiro atoms. The fourth-order valence-electron chi connectivity index (χ4n) is 5.96. The summed E-state index contributed by atoms with van der Waals surface area (Å²) in [5, 5.41) is 21.9. The van der Waals surface area contributed by atoms with E-state index in [0.29, 0.717) is 29.0 Å². The van der Waals surface area contributed by atoms with Gasteiger partial charge in [-0.15, -0.1) is 0 Å². The van der Waals surface area contributed by atoms with E-state index in [1.165, 1.54) is 19.1 Å². The number of piperidine rings is 1. The number of pyridine rings is 1. The van der Waals surface area contributed by atoms with E-state index >= 15 is 8.78 Å². The summed E-state index contributed by atoms with van der Waals surface area (Å²) in [6, 6.07) is 14.4. The molecule has 3 aliphatic rings. The van der Waals surface area contributed by atoms with E-state index in [0.717, 1.165) is 50.0 Å². The molecule has 2 aromatic heterocycles. The minimum Gasteiger partial charge on any atom is -0.483 e. The van der Waals surface area contributed by atoms with Crippen LogP contribution in [0.1, 0.15) is 18.9 Å². The van der Waals surface area contributed by atoms with Gasteiger partial charge >= 0.3 is 5.92 Å². The number of likely N-dealkylation sites (tertiary alicyclic amines) is 1. The van der Waals surface area contributed by atoms with E-state index in [1.54, 1.807) is 31.5 Å². The van der Waals surface area contributed by atoms with Crippen molar-refractivity contribution in [2.45, 2.75) is 31.4 Å². The van der Waals surface area contributed by atoms with Crippen LogP contribution in [-0.2, 0) is 9.53 Å². The molecule has 5 heterocycles. The smallest absolute Gasteiger partial charge is 0.301 e. The number of carbonyl (C=O) groups is 1. The van der Waals surface area contributed by atoms with Gasteiger partial charge in [-0.3, -0.25) is 9.69 Å². The van der Waals surface area contributed by atoms with E-state index in [9.17, 15) is 10.1 Å². The van der Waals surface area contributed by atoms with Crippen molar-refractivity contribution < 1.29 is 27.8 Å². The maximum absolute atomic E-state index is 15.0. The second kappa shape index (κ2) is 13.9. The molecular weight excluding hydrogens is 624 g/mol. The van der Waals surface area contributed by atoms with E-state index in [1.807, 2.05) is 18.2 Å². The summed E-state index contributed by atoms with van der Waals surface area (Å²) in [5.41, 5.74) is 1.99. The van der Waals surface area contributed by atoms with Crippen LogP contribution >= 0.6 is 0 Å². The number of methoxy groups -OCH3 is 1. The minimum atomic E-state index is -3.38. The van der Waals surface area contributed by atoms with Gasteiger partial charge in [0.05, 0.1) is 50.2 Å². The van der Waals surface area contributed by atoms with Crippen molar-refractivity contribution in [3.05, 3.63) is 48.2 Å². The molecule has 0 radical (unpaired) electrons. The zero-order chi connectivity index (χ0) is 33.8. The highest BCUT2D eigenvalue weighted by Gasteiger charge is 2.48. The lowest BCUT2D eigenvalue weighted by Crippen LogP contribution is -2.56. The van der Waals surface area contributed by atoms with Crippen LogP contribution in [0.5, 0.6) is 11.6 Å². The number of ether oxygens (including phenoxy) is 3. The SMILES string of the molecule is COc1nc(Nc2nccc(-c3ccc(OC4CCN(C(=O)C(C)C#N)CC4(F)F)c(C#N)c3)n2)ccc1N1CCN(C2COC2)CC1. The maximum Gasteiger partial charge on any atom is 0.301 e. The number of rotatable bonds is 9. The number of halogens is 2. The van der Waals surface area contributed by atoms with Gasteiger partial charge in [-0.05, 0) is 43.3 Å². The van der Waals surface area contributed by atoms with Gasteiger partial charge in [-0.2, -0.15) is 15.5 Å². The summed E-state index contributed by atoms with van der Waals surface area (Å²) >= 11 is 0. The molecule has 250 valence electrons. The molecule has 0 aliphatic carbocycles. The monoisotopic (exact) mass is 659 g/mol. The number of hydrogen-bond donors (Lipinski definition) is 1. The molecule has 0 bridgehead atoms. The lowest BCUT2D eigenvalue weighted by Gasteiger charge is -2.43. The third kappa shape index (κ3) is 6.93. The molecule has 1 amide bonds. The van der Waals surface area contributed by atoms with Crippen LogP contribution in [0.3, 0.4) is 0 Å². The normalized spacial score (nSPS) is 20.2. The number of carbonyl (C=O) groups excluding carboxylic acids is 1. The molecule has 3 aromatic rings. The fraction of sp³-hybridized carbons (Fsp3) is 0.455. The van der Waals surface area contributed by atoms with E-state index in [2.05, 4.69) is 30.1 Å². The second-order valence-electron chi connectivity index (χ2n) is 11.9. The van der Waals surface area contributed by atoms with Gasteiger partial charge in [0.2, 0.25) is 17.7 Å². The molecule has 0 saturated carbocycles. The molecule has 48 heavy (non-hydrogen) atoms. The van der Waals surface area contributed by atoms with Crippen LogP contribution in [0.2, 0.25) is 0 Å². The van der Waals surface area contributed by atoms with Crippen molar-refractivity contribution in [2.24, 2.45) is 5.92 Å². The van der Waals surface area contributed by atoms with Gasteiger partial charge in [0, 0.05) is 50.9 Å². The first-order valence-corrected chi connectivity index (χ1v) is 15.7. The first kappa shape index (κ1) is 32.8. The lowest BCUT2D eigenvalue weighted by molar-refractivity contribution is -0.161. The number of amides is 1. The molecule has 3 aliphatic heterocycles. The average molecular weight is 660 g/mol. The first-order valence-electron chi connectivity index (χ1n) is 15.7. The summed E-state index contributed by atoms with van der Waals surface area (Å²) < 4.78 is 46.7. The number of anilines is 3. The molecular formula is C33H35F2N9O4. The Balaban J connectivity index is 1.12. The molecule has 1 N–H and O–H groups in total. The van der Waals surface area contributed by atoms with Crippen LogP contribution in [0.25, 0.3) is 11.3 Å². The molecule has 6 rings (SSSR count). The van der Waals surface area contributed by atoms with Crippen LogP contribution in [0.15, 0.2) is 42.6 Å². The molecule has 3 saturated heterocycles. The topological polar surface area (TPSA) is 153 Å². The third-order valence-corrected chi connectivity index (χ3v) is 8.80. The Bertz CT molecular complexity index is 1730. The molecule has 15 heteroatoms. The number of piperazine rings is 1. The highest BCUT2D eigenvalue weighted by atomic mass is 19.3. The van der Waals surface area contributed by atoms with Crippen molar-refractivity contribution in [2.75, 3.05) is 69.8 Å². The summed E-state index contributed by atoms with van der Waals surface area (Å²) in [4.78, 5) is 31.5. The van der Waals surface area contributed by atoms with Crippen molar-refractivity contribution in [3.8, 4) is 35.0 Å². The van der Waals surface area contributed by atoms with Gasteiger partial charge in [-0.1, -0.05) is 0 Å². The maximum atomic E-state index is 15.0. The van der Waals surface area contributed by atoms with E-state index in [4.69, 9.17) is 19.5 Å². The number of aromatic nitrogens is 3. The van der Waals surface area contributed by atoms with Crippen molar-refractivity contribution >= 4 is 23.4 Å². The molecule has 2 unspecified atom stereocenters. The molecule has 1 aromatic carbocycles. The fourth-order valence-corrected chi connectivity index (χ4v) is 5.96. The van der Waals surface area contributed by atoms with Crippen molar-refractivity contribution in [3.63, 3.8) is 0 Å². The predicted octanol–water partition coefficient (Wildman–Crippen LogP) is 3.46. The number of nitriles is 2. The van der Waals surface area contributed by atoms with Crippen LogP contribution in [-0.4, -0.2) is 108 Å². The quantitative estimate of drug-likeness (QED) is 0.358. The average Bonchev–Trinajstić information content (AvgIpc) is 3.08. The van der Waals surface area contributed by atoms with E-state index in [-0.39, 0.29) is 30.2 Å². The number of alkyl halides is 2. The standard InChI is InChI=1S/C33H35F2N9O4/c1-21(16-36)31(45)44-10-8-28(33(34,35)20-44)48-27-5-3-22(15-23(27)17-37)25-7-9-38-32(39-25)41-29-6-4-26(30(40-29)46-2)43-13-11-42(12-14-43)24-18-47-19-24/h3-7,9,15,21,24,28H,8,10-14,18-20H2,1-2H3,(H,38,39,40,41). The van der Waals surface area contributed by atoms with Gasteiger partial charge in [0.1, 0.15) is 29.2 Å². The Morgan fingerprint density at radius 1 is 1.10 bits per heavy atom. The second-order valence-corrected chi connectivity index (χ2v) is 11.9. The van der Waals surface area contributed by atoms with Crippen LogP contribution in [0, 0.1) is 28.6 Å². The highest BCUT2D eigenvalue weighted by Crippen LogP contribution is 2.35. The van der Waals surface area contributed by atoms with Crippen molar-refractivity contribution in [1.29, 1.82) is 10.5 Å². The Morgan fingerprint density at radius 2 is 1.90 bits per heavy atom. The van der Waals surface area contributed by atoms with Crippen molar-refractivity contribution in [1.82, 2.24) is 24.8 Å². The van der Waals surface area contributed by atoms with Gasteiger partial charge in [-0.25, -0.2) is 18.7 Å². The number of nitrogens with zero attached hydrogens (tertiary/aromatic N) is 8. The predicted molar refractivity (Wildman–Crippen MR) is 170 cm³/mol. The Kier molecular flexibility index (Phi) is 9.52. The minimum absolute atomic E-state index is 0.00153. The summed E-state index contributed by atoms with van der Waals surface area (Å²) in [7, 11) is 1.58. The van der Waals surface area contributed by atoms with E-state index < -0.39 is 30.4 Å². The molecule has 2 atom stereocenters. The number of hydrogen-bond acceptors (Lipinski definition) is 12. The Morgan fingerprint density at radius 3 is 2.56 bits per heavy atom. The zero-order valence-corrected chi connectivity index (χ0v) is 26.6. The largest absolute Gasteiger partial charge is 0.483 e. The summed E-state index contributed by atoms with van der Waals surface area (Å²) in [6.07, 6.45) is -0.145. The van der Waals surface area contributed by atoms with Gasteiger partial charge in [0.15, 0.2) is 6.10 Å². The lowest BCUT2D eigenvalue weighted by atomic mass is 10.0. The van der Waals surface area contributed by atoms with Crippen LogP contribution < -0.4 is 19.7 Å². The Hall–Kier alpha value is -5.12. The molecule has 3 fully saturated rings. The summed E-state index contributed by atoms with van der Waals surface area (Å²) in [6.45, 7) is 5.71. The summed E-state index contributed by atoms with van der Waals surface area (Å²) in [5.74, 6) is -3.82. The highest BCUT2D eigenvalue weighted by molar-refractivity contribution is 5.81. The number of nitrogens with one attached hydrogen (secondary N) is 1.